The summed E-state index contributed by atoms with van der Waals surface area (Å²) in [6.45, 7) is 3.29. The van der Waals surface area contributed by atoms with Gasteiger partial charge in [-0.1, -0.05) is 12.1 Å². The van der Waals surface area contributed by atoms with Crippen molar-refractivity contribution in [2.45, 2.75) is 0 Å². The minimum Gasteiger partial charge on any atom is -0.454 e. The lowest BCUT2D eigenvalue weighted by Gasteiger charge is -2.36. The van der Waals surface area contributed by atoms with Crippen LogP contribution >= 0.6 is 15.9 Å². The standard InChI is InChI=1S/C18H17BrN2O3/c19-15-4-2-1-3-14(15)18(22)21-9-7-20(8-10-21)13-5-6-16-17(11-13)24-12-23-16/h1-6,11H,7-10,12H2. The van der Waals surface area contributed by atoms with Crippen LogP contribution in [-0.2, 0) is 0 Å². The van der Waals surface area contributed by atoms with Crippen LogP contribution in [0, 0.1) is 0 Å². The molecule has 1 saturated heterocycles. The largest absolute Gasteiger partial charge is 0.454 e. The Bertz CT molecular complexity index is 773. The number of nitrogens with zero attached hydrogens (tertiary/aromatic N) is 2. The third-order valence-electron chi connectivity index (χ3n) is 4.39. The van der Waals surface area contributed by atoms with Gasteiger partial charge in [0.2, 0.25) is 6.79 Å². The number of fused-ring (bicyclic) bond motifs is 1. The van der Waals surface area contributed by atoms with Gasteiger partial charge in [-0.2, -0.15) is 0 Å². The maximum absolute atomic E-state index is 12.7. The molecule has 0 bridgehead atoms. The number of hydrogen-bond donors (Lipinski definition) is 0. The van der Waals surface area contributed by atoms with Crippen molar-refractivity contribution in [3.63, 3.8) is 0 Å². The number of halogens is 1. The van der Waals surface area contributed by atoms with Gasteiger partial charge in [-0.3, -0.25) is 4.79 Å². The van der Waals surface area contributed by atoms with Gasteiger partial charge in [-0.15, -0.1) is 0 Å². The van der Waals surface area contributed by atoms with E-state index < -0.39 is 0 Å². The maximum atomic E-state index is 12.7. The highest BCUT2D eigenvalue weighted by Gasteiger charge is 2.24. The molecule has 0 aliphatic carbocycles. The average Bonchev–Trinajstić information content (AvgIpc) is 3.09. The SMILES string of the molecule is O=C(c1ccccc1Br)N1CCN(c2ccc3c(c2)OCO3)CC1. The summed E-state index contributed by atoms with van der Waals surface area (Å²) in [5.41, 5.74) is 1.82. The second kappa shape index (κ2) is 6.36. The summed E-state index contributed by atoms with van der Waals surface area (Å²) in [6.07, 6.45) is 0. The van der Waals surface area contributed by atoms with Crippen molar-refractivity contribution in [2.75, 3.05) is 37.9 Å². The fraction of sp³-hybridized carbons (Fsp3) is 0.278. The average molecular weight is 389 g/mol. The summed E-state index contributed by atoms with van der Waals surface area (Å²) >= 11 is 3.46. The molecule has 124 valence electrons. The number of carbonyl (C=O) groups is 1. The van der Waals surface area contributed by atoms with Crippen molar-refractivity contribution in [3.8, 4) is 11.5 Å². The fourth-order valence-electron chi connectivity index (χ4n) is 3.05. The highest BCUT2D eigenvalue weighted by molar-refractivity contribution is 9.10. The highest BCUT2D eigenvalue weighted by atomic mass is 79.9. The van der Waals surface area contributed by atoms with Crippen LogP contribution in [0.25, 0.3) is 0 Å². The molecule has 24 heavy (non-hydrogen) atoms. The molecule has 2 aliphatic heterocycles. The van der Waals surface area contributed by atoms with Gasteiger partial charge < -0.3 is 19.3 Å². The molecule has 2 aromatic carbocycles. The van der Waals surface area contributed by atoms with Crippen molar-refractivity contribution in [1.29, 1.82) is 0 Å². The van der Waals surface area contributed by atoms with Crippen LogP contribution in [0.3, 0.4) is 0 Å². The van der Waals surface area contributed by atoms with Crippen molar-refractivity contribution in [2.24, 2.45) is 0 Å². The lowest BCUT2D eigenvalue weighted by Crippen LogP contribution is -2.48. The number of carbonyl (C=O) groups excluding carboxylic acids is 1. The van der Waals surface area contributed by atoms with Gasteiger partial charge in [-0.25, -0.2) is 0 Å². The molecular formula is C18H17BrN2O3. The van der Waals surface area contributed by atoms with Crippen LogP contribution in [0.5, 0.6) is 11.5 Å². The molecule has 1 fully saturated rings. The van der Waals surface area contributed by atoms with Crippen molar-refractivity contribution in [1.82, 2.24) is 4.90 Å². The molecule has 2 heterocycles. The van der Waals surface area contributed by atoms with Gasteiger partial charge in [0.05, 0.1) is 5.56 Å². The molecular weight excluding hydrogens is 372 g/mol. The molecule has 0 saturated carbocycles. The zero-order valence-electron chi connectivity index (χ0n) is 13.1. The quantitative estimate of drug-likeness (QED) is 0.792. The molecule has 0 spiro atoms. The summed E-state index contributed by atoms with van der Waals surface area (Å²) in [5, 5.41) is 0. The first-order valence-corrected chi connectivity index (χ1v) is 8.70. The van der Waals surface area contributed by atoms with Crippen molar-refractivity contribution in [3.05, 3.63) is 52.5 Å². The number of rotatable bonds is 2. The first-order chi connectivity index (χ1) is 11.7. The van der Waals surface area contributed by atoms with E-state index in [9.17, 15) is 4.79 Å². The zero-order valence-corrected chi connectivity index (χ0v) is 14.7. The number of benzene rings is 2. The molecule has 0 unspecified atom stereocenters. The molecule has 1 amide bonds. The third-order valence-corrected chi connectivity index (χ3v) is 5.08. The van der Waals surface area contributed by atoms with Gasteiger partial charge in [0.15, 0.2) is 11.5 Å². The number of hydrogen-bond acceptors (Lipinski definition) is 4. The minimum atomic E-state index is 0.0767. The van der Waals surface area contributed by atoms with E-state index in [2.05, 4.69) is 20.8 Å². The van der Waals surface area contributed by atoms with E-state index >= 15 is 0 Å². The Labute approximate surface area is 148 Å². The van der Waals surface area contributed by atoms with Gasteiger partial charge in [0.1, 0.15) is 0 Å². The molecule has 0 N–H and O–H groups in total. The third kappa shape index (κ3) is 2.82. The Morgan fingerprint density at radius 2 is 1.71 bits per heavy atom. The normalized spacial score (nSPS) is 16.4. The number of ether oxygens (including phenoxy) is 2. The van der Waals surface area contributed by atoms with Crippen molar-refractivity contribution >= 4 is 27.5 Å². The fourth-order valence-corrected chi connectivity index (χ4v) is 3.51. The van der Waals surface area contributed by atoms with E-state index in [1.165, 1.54) is 0 Å². The van der Waals surface area contributed by atoms with Crippen LogP contribution in [0.15, 0.2) is 46.9 Å². The molecule has 4 rings (SSSR count). The van der Waals surface area contributed by atoms with Crippen LogP contribution in [-0.4, -0.2) is 43.8 Å². The smallest absolute Gasteiger partial charge is 0.255 e. The number of piperazine rings is 1. The first-order valence-electron chi connectivity index (χ1n) is 7.91. The first kappa shape index (κ1) is 15.3. The van der Waals surface area contributed by atoms with E-state index in [4.69, 9.17) is 9.47 Å². The molecule has 0 aromatic heterocycles. The predicted octanol–water partition coefficient (Wildman–Crippen LogP) is 3.14. The predicted molar refractivity (Wildman–Crippen MR) is 94.8 cm³/mol. The summed E-state index contributed by atoms with van der Waals surface area (Å²) < 4.78 is 11.6. The molecule has 2 aromatic rings. The second-order valence-electron chi connectivity index (χ2n) is 5.80. The second-order valence-corrected chi connectivity index (χ2v) is 6.65. The van der Waals surface area contributed by atoms with E-state index in [0.29, 0.717) is 18.7 Å². The molecule has 5 nitrogen and oxygen atoms in total. The Morgan fingerprint density at radius 1 is 0.958 bits per heavy atom. The maximum Gasteiger partial charge on any atom is 0.255 e. The van der Waals surface area contributed by atoms with Crippen LogP contribution < -0.4 is 14.4 Å². The molecule has 6 heteroatoms. The van der Waals surface area contributed by atoms with Gasteiger partial charge in [0, 0.05) is 42.4 Å². The lowest BCUT2D eigenvalue weighted by molar-refractivity contribution is 0.0746. The minimum absolute atomic E-state index is 0.0767. The number of anilines is 1. The number of amides is 1. The summed E-state index contributed by atoms with van der Waals surface area (Å²) in [5.74, 6) is 1.66. The van der Waals surface area contributed by atoms with E-state index in [1.54, 1.807) is 0 Å². The summed E-state index contributed by atoms with van der Waals surface area (Å²) in [6, 6.07) is 13.6. The van der Waals surface area contributed by atoms with Gasteiger partial charge in [0.25, 0.3) is 5.91 Å². The summed E-state index contributed by atoms with van der Waals surface area (Å²) in [4.78, 5) is 16.8. The molecule has 0 atom stereocenters. The van der Waals surface area contributed by atoms with Gasteiger partial charge in [-0.05, 0) is 40.2 Å². The zero-order chi connectivity index (χ0) is 16.5. The topological polar surface area (TPSA) is 42.0 Å². The van der Waals surface area contributed by atoms with Crippen LogP contribution in [0.1, 0.15) is 10.4 Å². The van der Waals surface area contributed by atoms with E-state index in [-0.39, 0.29) is 12.7 Å². The van der Waals surface area contributed by atoms with Crippen LogP contribution in [0.2, 0.25) is 0 Å². The Balaban J connectivity index is 1.43. The Hall–Kier alpha value is -2.21. The lowest BCUT2D eigenvalue weighted by atomic mass is 10.1. The monoisotopic (exact) mass is 388 g/mol. The Morgan fingerprint density at radius 3 is 2.50 bits per heavy atom. The van der Waals surface area contributed by atoms with Gasteiger partial charge >= 0.3 is 0 Å². The van der Waals surface area contributed by atoms with E-state index in [0.717, 1.165) is 34.7 Å². The highest BCUT2D eigenvalue weighted by Crippen LogP contribution is 2.35. The Kier molecular flexibility index (Phi) is 4.06. The van der Waals surface area contributed by atoms with Crippen LogP contribution in [0.4, 0.5) is 5.69 Å². The van der Waals surface area contributed by atoms with Crippen molar-refractivity contribution < 1.29 is 14.3 Å². The van der Waals surface area contributed by atoms with E-state index in [1.807, 2.05) is 47.4 Å². The molecule has 0 radical (unpaired) electrons. The summed E-state index contributed by atoms with van der Waals surface area (Å²) in [7, 11) is 0. The molecule has 2 aliphatic rings.